The first kappa shape index (κ1) is 15.1. The van der Waals surface area contributed by atoms with Gasteiger partial charge in [-0.15, -0.1) is 11.3 Å². The van der Waals surface area contributed by atoms with E-state index in [0.29, 0.717) is 25.9 Å². The molecule has 2 aliphatic rings. The molecule has 1 aromatic heterocycles. The lowest BCUT2D eigenvalue weighted by atomic mass is 9.90. The maximum atomic E-state index is 13.3. The van der Waals surface area contributed by atoms with Gasteiger partial charge in [0.25, 0.3) is 5.91 Å². The van der Waals surface area contributed by atoms with Gasteiger partial charge >= 0.3 is 0 Å². The van der Waals surface area contributed by atoms with E-state index < -0.39 is 0 Å². The van der Waals surface area contributed by atoms with Crippen molar-refractivity contribution in [3.8, 4) is 0 Å². The van der Waals surface area contributed by atoms with Crippen LogP contribution in [0.5, 0.6) is 0 Å². The van der Waals surface area contributed by atoms with E-state index in [9.17, 15) is 9.18 Å². The van der Waals surface area contributed by atoms with Gasteiger partial charge in [0.2, 0.25) is 0 Å². The molecule has 2 aliphatic carbocycles. The Kier molecular flexibility index (Phi) is 3.85. The Morgan fingerprint density at radius 3 is 3.00 bits per heavy atom. The number of carbonyl (C=O) groups is 1. The van der Waals surface area contributed by atoms with Crippen LogP contribution in [0.2, 0.25) is 5.02 Å². The number of hydrogen-bond acceptors (Lipinski definition) is 3. The van der Waals surface area contributed by atoms with E-state index in [4.69, 9.17) is 11.6 Å². The summed E-state index contributed by atoms with van der Waals surface area (Å²) in [6.45, 7) is 0. The number of carbonyl (C=O) groups excluding carboxylic acids is 1. The fraction of sp³-hybridized carbons (Fsp3) is 0.412. The molecule has 1 aromatic carbocycles. The Bertz CT molecular complexity index is 803. The lowest BCUT2D eigenvalue weighted by Gasteiger charge is -2.16. The van der Waals surface area contributed by atoms with Gasteiger partial charge in [-0.05, 0) is 55.2 Å². The summed E-state index contributed by atoms with van der Waals surface area (Å²) >= 11 is 7.42. The van der Waals surface area contributed by atoms with Crippen LogP contribution >= 0.6 is 22.9 Å². The van der Waals surface area contributed by atoms with Crippen LogP contribution in [0.15, 0.2) is 23.3 Å². The number of nitrogens with zero attached hydrogens (tertiary/aromatic N) is 1. The normalized spacial score (nSPS) is 26.4. The zero-order chi connectivity index (χ0) is 16.0. The second kappa shape index (κ2) is 5.87. The maximum absolute atomic E-state index is 13.3. The number of nitrogens with one attached hydrogen (secondary N) is 1. The number of fused-ring (bicyclic) bond motifs is 3. The van der Waals surface area contributed by atoms with E-state index in [0.717, 1.165) is 11.8 Å². The van der Waals surface area contributed by atoms with E-state index >= 15 is 0 Å². The Labute approximate surface area is 142 Å². The number of benzene rings is 1. The third-order valence-electron chi connectivity index (χ3n) is 5.02. The molecule has 6 heteroatoms. The van der Waals surface area contributed by atoms with Crippen LogP contribution in [0.25, 0.3) is 10.1 Å². The standard InChI is InChI=1S/C17H16ClFN2OS/c18-15-13-4-3-12(19)7-14(13)23-16(15)17(22)21-20-8-11-6-9-1-2-10(11)5-9/h3-4,7-11H,1-2,5-6H2,(H,21,22). The predicted molar refractivity (Wildman–Crippen MR) is 91.7 cm³/mol. The van der Waals surface area contributed by atoms with Gasteiger partial charge in [0.1, 0.15) is 10.7 Å². The topological polar surface area (TPSA) is 41.5 Å². The molecule has 0 aliphatic heterocycles. The fourth-order valence-corrected chi connectivity index (χ4v) is 5.34. The summed E-state index contributed by atoms with van der Waals surface area (Å²) in [5, 5.41) is 5.18. The monoisotopic (exact) mass is 350 g/mol. The molecular formula is C17H16ClFN2OS. The molecular weight excluding hydrogens is 335 g/mol. The van der Waals surface area contributed by atoms with Crippen LogP contribution in [-0.2, 0) is 0 Å². The van der Waals surface area contributed by atoms with Crippen molar-refractivity contribution in [1.29, 1.82) is 0 Å². The molecule has 2 saturated carbocycles. The molecule has 2 bridgehead atoms. The van der Waals surface area contributed by atoms with Crippen molar-refractivity contribution in [2.45, 2.75) is 25.7 Å². The minimum absolute atomic E-state index is 0.336. The maximum Gasteiger partial charge on any atom is 0.282 e. The molecule has 3 atom stereocenters. The van der Waals surface area contributed by atoms with Crippen LogP contribution in [0.3, 0.4) is 0 Å². The van der Waals surface area contributed by atoms with Gasteiger partial charge in [0, 0.05) is 16.3 Å². The second-order valence-corrected chi connectivity index (χ2v) is 7.87. The molecule has 2 aromatic rings. The molecule has 1 amide bonds. The van der Waals surface area contributed by atoms with Crippen LogP contribution in [-0.4, -0.2) is 12.1 Å². The molecule has 0 saturated heterocycles. The van der Waals surface area contributed by atoms with E-state index in [2.05, 4.69) is 10.5 Å². The molecule has 23 heavy (non-hydrogen) atoms. The molecule has 4 rings (SSSR count). The van der Waals surface area contributed by atoms with Crippen molar-refractivity contribution in [3.05, 3.63) is 33.9 Å². The van der Waals surface area contributed by atoms with Gasteiger partial charge in [-0.25, -0.2) is 9.82 Å². The molecule has 0 radical (unpaired) electrons. The van der Waals surface area contributed by atoms with Crippen molar-refractivity contribution < 1.29 is 9.18 Å². The van der Waals surface area contributed by atoms with E-state index in [1.165, 1.54) is 49.2 Å². The minimum Gasteiger partial charge on any atom is -0.266 e. The van der Waals surface area contributed by atoms with Crippen LogP contribution in [0.4, 0.5) is 4.39 Å². The summed E-state index contributed by atoms with van der Waals surface area (Å²) in [5.41, 5.74) is 2.56. The SMILES string of the molecule is O=C(NN=CC1CC2CCC1C2)c1sc2cc(F)ccc2c1Cl. The highest BCUT2D eigenvalue weighted by molar-refractivity contribution is 7.21. The average Bonchev–Trinajstić information content (AvgIpc) is 3.22. The first-order valence-corrected chi connectivity index (χ1v) is 9.02. The summed E-state index contributed by atoms with van der Waals surface area (Å²) in [6.07, 6.45) is 6.99. The Hall–Kier alpha value is -1.46. The number of halogens is 2. The number of hydrazone groups is 1. The fourth-order valence-electron chi connectivity index (χ4n) is 3.90. The first-order valence-electron chi connectivity index (χ1n) is 7.83. The van der Waals surface area contributed by atoms with Gasteiger partial charge in [0.05, 0.1) is 5.02 Å². The van der Waals surface area contributed by atoms with Crippen molar-refractivity contribution in [1.82, 2.24) is 5.43 Å². The zero-order valence-corrected chi connectivity index (χ0v) is 14.0. The predicted octanol–water partition coefficient (Wildman–Crippen LogP) is 4.85. The molecule has 3 unspecified atom stereocenters. The third-order valence-corrected chi connectivity index (χ3v) is 6.68. The molecule has 0 spiro atoms. The minimum atomic E-state index is -0.337. The smallest absolute Gasteiger partial charge is 0.266 e. The number of hydrogen-bond donors (Lipinski definition) is 1. The van der Waals surface area contributed by atoms with Gasteiger partial charge in [0.15, 0.2) is 0 Å². The van der Waals surface area contributed by atoms with Crippen LogP contribution < -0.4 is 5.43 Å². The van der Waals surface area contributed by atoms with Gasteiger partial charge < -0.3 is 0 Å². The van der Waals surface area contributed by atoms with E-state index in [-0.39, 0.29) is 11.7 Å². The van der Waals surface area contributed by atoms with Crippen molar-refractivity contribution >= 4 is 45.1 Å². The lowest BCUT2D eigenvalue weighted by molar-refractivity contribution is 0.0959. The molecule has 120 valence electrons. The average molecular weight is 351 g/mol. The lowest BCUT2D eigenvalue weighted by Crippen LogP contribution is -2.19. The Morgan fingerprint density at radius 2 is 2.26 bits per heavy atom. The van der Waals surface area contributed by atoms with Crippen molar-refractivity contribution in [2.24, 2.45) is 22.9 Å². The molecule has 2 fully saturated rings. The Morgan fingerprint density at radius 1 is 1.39 bits per heavy atom. The Balaban J connectivity index is 1.48. The highest BCUT2D eigenvalue weighted by atomic mass is 35.5. The molecule has 1 heterocycles. The van der Waals surface area contributed by atoms with Crippen LogP contribution in [0, 0.1) is 23.6 Å². The summed E-state index contributed by atoms with van der Waals surface area (Å²) in [6, 6.07) is 4.33. The van der Waals surface area contributed by atoms with Crippen molar-refractivity contribution in [2.75, 3.05) is 0 Å². The summed E-state index contributed by atoms with van der Waals surface area (Å²) in [5.74, 6) is 1.39. The number of thiophene rings is 1. The number of rotatable bonds is 3. The van der Waals surface area contributed by atoms with Gasteiger partial charge in [-0.2, -0.15) is 5.10 Å². The summed E-state index contributed by atoms with van der Waals surface area (Å²) in [7, 11) is 0. The van der Waals surface area contributed by atoms with Gasteiger partial charge in [-0.3, -0.25) is 4.79 Å². The number of amides is 1. The van der Waals surface area contributed by atoms with Crippen LogP contribution in [0.1, 0.15) is 35.4 Å². The summed E-state index contributed by atoms with van der Waals surface area (Å²) < 4.78 is 13.9. The summed E-state index contributed by atoms with van der Waals surface area (Å²) in [4.78, 5) is 12.6. The highest BCUT2D eigenvalue weighted by Crippen LogP contribution is 2.47. The van der Waals surface area contributed by atoms with Crippen molar-refractivity contribution in [3.63, 3.8) is 0 Å². The highest BCUT2D eigenvalue weighted by Gasteiger charge is 2.38. The molecule has 1 N–H and O–H groups in total. The quantitative estimate of drug-likeness (QED) is 0.624. The van der Waals surface area contributed by atoms with Gasteiger partial charge in [-0.1, -0.05) is 18.0 Å². The van der Waals surface area contributed by atoms with E-state index in [1.54, 1.807) is 6.07 Å². The first-order chi connectivity index (χ1) is 11.1. The molecule has 3 nitrogen and oxygen atoms in total. The zero-order valence-electron chi connectivity index (χ0n) is 12.4. The second-order valence-electron chi connectivity index (χ2n) is 6.44. The third kappa shape index (κ3) is 2.76. The largest absolute Gasteiger partial charge is 0.282 e. The van der Waals surface area contributed by atoms with E-state index in [1.807, 2.05) is 6.21 Å².